The first-order chi connectivity index (χ1) is 23.8. The van der Waals surface area contributed by atoms with Gasteiger partial charge in [-0.25, -0.2) is 32.5 Å². The van der Waals surface area contributed by atoms with Crippen LogP contribution in [-0.2, 0) is 21.8 Å². The van der Waals surface area contributed by atoms with Gasteiger partial charge in [0, 0.05) is 49.2 Å². The molecule has 2 aliphatic heterocycles. The predicted octanol–water partition coefficient (Wildman–Crippen LogP) is 4.36. The van der Waals surface area contributed by atoms with Gasteiger partial charge in [-0.05, 0) is 74.0 Å². The SMILES string of the molecule is C[CH]C(C)n1ncn(-c2ccc(N3CCN(c4ccc(OCC5COC(Cn6cncn6)(c6ccc(F)cc6F)O5)cc4)CC3)cc2)c1=O. The molecule has 49 heavy (non-hydrogen) atoms. The first-order valence-electron chi connectivity index (χ1n) is 16.2. The first kappa shape index (κ1) is 32.5. The topological polar surface area (TPSA) is 105 Å². The molecule has 0 aliphatic carbocycles. The molecule has 14 heteroatoms. The number of halogens is 2. The molecule has 3 atom stereocenters. The Kier molecular flexibility index (Phi) is 9.15. The van der Waals surface area contributed by atoms with Crippen molar-refractivity contribution < 1.29 is 23.0 Å². The van der Waals surface area contributed by atoms with Gasteiger partial charge in [-0.1, -0.05) is 6.92 Å². The Labute approximate surface area is 282 Å². The maximum atomic E-state index is 14.9. The Balaban J connectivity index is 0.925. The Morgan fingerprint density at radius 3 is 2.24 bits per heavy atom. The third kappa shape index (κ3) is 6.78. The number of aromatic nitrogens is 6. The van der Waals surface area contributed by atoms with Crippen LogP contribution in [0.25, 0.3) is 5.69 Å². The number of piperazine rings is 1. The summed E-state index contributed by atoms with van der Waals surface area (Å²) < 4.78 is 51.3. The van der Waals surface area contributed by atoms with Crippen LogP contribution in [0.2, 0.25) is 0 Å². The summed E-state index contributed by atoms with van der Waals surface area (Å²) in [6, 6.07) is 19.1. The van der Waals surface area contributed by atoms with E-state index < -0.39 is 23.5 Å². The number of hydrogen-bond donors (Lipinski definition) is 0. The molecule has 3 unspecified atom stereocenters. The molecule has 4 heterocycles. The second-order valence-electron chi connectivity index (χ2n) is 12.1. The molecule has 0 saturated carbocycles. The molecule has 2 fully saturated rings. The van der Waals surface area contributed by atoms with Gasteiger partial charge < -0.3 is 24.0 Å². The molecule has 0 amide bonds. The van der Waals surface area contributed by atoms with Crippen molar-refractivity contribution in [2.24, 2.45) is 0 Å². The lowest BCUT2D eigenvalue weighted by Crippen LogP contribution is -2.46. The molecule has 1 radical (unpaired) electrons. The zero-order valence-electron chi connectivity index (χ0n) is 27.2. The van der Waals surface area contributed by atoms with Gasteiger partial charge >= 0.3 is 5.69 Å². The minimum atomic E-state index is -1.51. The first-order valence-corrected chi connectivity index (χ1v) is 16.2. The highest BCUT2D eigenvalue weighted by Gasteiger charge is 2.46. The van der Waals surface area contributed by atoms with E-state index in [2.05, 4.69) is 25.0 Å². The summed E-state index contributed by atoms with van der Waals surface area (Å²) in [5, 5.41) is 8.36. The molecule has 12 nitrogen and oxygen atoms in total. The van der Waals surface area contributed by atoms with E-state index in [1.165, 1.54) is 34.2 Å². The number of hydrogen-bond acceptors (Lipinski definition) is 9. The molecule has 2 aliphatic rings. The highest BCUT2D eigenvalue weighted by molar-refractivity contribution is 5.54. The van der Waals surface area contributed by atoms with Gasteiger partial charge in [0.1, 0.15) is 55.6 Å². The van der Waals surface area contributed by atoms with Crippen LogP contribution in [0, 0.1) is 18.1 Å². The standard InChI is InChI=1S/C35H37F2N8O4/c1-3-25(2)45-34(46)44(24-40-45)29-7-5-27(6-8-29)41-14-16-42(17-15-41)28-9-11-30(12-10-28)47-19-31-20-48-35(49-31,21-43-23-38-22-39-43)32-13-4-26(36)18-33(32)37/h3-13,18,22-25,31H,14-17,19-21H2,1-2H3. The van der Waals surface area contributed by atoms with Crippen LogP contribution in [0.3, 0.4) is 0 Å². The molecule has 2 aromatic heterocycles. The third-order valence-corrected chi connectivity index (χ3v) is 9.01. The fourth-order valence-electron chi connectivity index (χ4n) is 6.19. The molecule has 3 aromatic carbocycles. The van der Waals surface area contributed by atoms with Crippen molar-refractivity contribution in [2.75, 3.05) is 49.2 Å². The zero-order chi connectivity index (χ0) is 34.0. The summed E-state index contributed by atoms with van der Waals surface area (Å²) in [6.45, 7) is 7.60. The number of benzene rings is 3. The van der Waals surface area contributed by atoms with Gasteiger partial charge in [0.2, 0.25) is 5.79 Å². The molecule has 0 spiro atoms. The zero-order valence-corrected chi connectivity index (χ0v) is 27.2. The largest absolute Gasteiger partial charge is 0.491 e. The molecule has 7 rings (SSSR count). The van der Waals surface area contributed by atoms with E-state index >= 15 is 0 Å². The van der Waals surface area contributed by atoms with Gasteiger partial charge in [-0.15, -0.1) is 0 Å². The van der Waals surface area contributed by atoms with E-state index in [9.17, 15) is 13.6 Å². The number of ether oxygens (including phenoxy) is 3. The lowest BCUT2D eigenvalue weighted by molar-refractivity contribution is -0.192. The fourth-order valence-corrected chi connectivity index (χ4v) is 6.19. The highest BCUT2D eigenvalue weighted by Crippen LogP contribution is 2.38. The van der Waals surface area contributed by atoms with E-state index in [1.54, 1.807) is 10.9 Å². The van der Waals surface area contributed by atoms with Crippen LogP contribution >= 0.6 is 0 Å². The van der Waals surface area contributed by atoms with Crippen LogP contribution in [0.15, 0.2) is 90.5 Å². The molecular weight excluding hydrogens is 634 g/mol. The van der Waals surface area contributed by atoms with Crippen molar-refractivity contribution >= 4 is 11.4 Å². The van der Waals surface area contributed by atoms with Crippen LogP contribution in [0.1, 0.15) is 25.5 Å². The Morgan fingerprint density at radius 2 is 1.61 bits per heavy atom. The van der Waals surface area contributed by atoms with Crippen molar-refractivity contribution in [3.63, 3.8) is 0 Å². The summed E-state index contributed by atoms with van der Waals surface area (Å²) >= 11 is 0. The summed E-state index contributed by atoms with van der Waals surface area (Å²) in [6.07, 6.45) is 5.84. The summed E-state index contributed by atoms with van der Waals surface area (Å²) in [5.41, 5.74) is 2.90. The van der Waals surface area contributed by atoms with E-state index in [0.29, 0.717) is 5.75 Å². The fraction of sp³-hybridized carbons (Fsp3) is 0.343. The van der Waals surface area contributed by atoms with Crippen molar-refractivity contribution in [3.8, 4) is 11.4 Å². The Hall–Kier alpha value is -5.08. The molecule has 255 valence electrons. The maximum Gasteiger partial charge on any atom is 0.350 e. The molecular formula is C35H37F2N8O4. The average molecular weight is 672 g/mol. The molecule has 0 N–H and O–H groups in total. The number of rotatable bonds is 11. The van der Waals surface area contributed by atoms with Gasteiger partial charge in [0.15, 0.2) is 0 Å². The number of nitrogens with zero attached hydrogens (tertiary/aromatic N) is 8. The van der Waals surface area contributed by atoms with Crippen molar-refractivity contribution in [1.82, 2.24) is 29.1 Å². The number of anilines is 2. The van der Waals surface area contributed by atoms with Crippen LogP contribution in [0.4, 0.5) is 20.2 Å². The molecule has 0 bridgehead atoms. The van der Waals surface area contributed by atoms with Gasteiger partial charge in [-0.2, -0.15) is 10.2 Å². The average Bonchev–Trinajstić information content (AvgIpc) is 3.88. The van der Waals surface area contributed by atoms with Crippen LogP contribution in [0.5, 0.6) is 5.75 Å². The second kappa shape index (κ2) is 13.8. The quantitative estimate of drug-likeness (QED) is 0.203. The van der Waals surface area contributed by atoms with Gasteiger partial charge in [-0.3, -0.25) is 0 Å². The van der Waals surface area contributed by atoms with Gasteiger partial charge in [0.05, 0.1) is 18.3 Å². The van der Waals surface area contributed by atoms with Gasteiger partial charge in [0.25, 0.3) is 0 Å². The smallest absolute Gasteiger partial charge is 0.350 e. The van der Waals surface area contributed by atoms with Crippen LogP contribution < -0.4 is 20.2 Å². The van der Waals surface area contributed by atoms with E-state index in [0.717, 1.165) is 49.3 Å². The van der Waals surface area contributed by atoms with E-state index in [1.807, 2.05) is 68.8 Å². The summed E-state index contributed by atoms with van der Waals surface area (Å²) in [5.74, 6) is -2.30. The van der Waals surface area contributed by atoms with Crippen molar-refractivity contribution in [3.05, 3.63) is 120 Å². The third-order valence-electron chi connectivity index (χ3n) is 9.01. The van der Waals surface area contributed by atoms with E-state index in [-0.39, 0.29) is 37.1 Å². The summed E-state index contributed by atoms with van der Waals surface area (Å²) in [7, 11) is 0. The lowest BCUT2D eigenvalue weighted by atomic mass is 10.0. The highest BCUT2D eigenvalue weighted by atomic mass is 19.1. The summed E-state index contributed by atoms with van der Waals surface area (Å²) in [4.78, 5) is 21.4. The van der Waals surface area contributed by atoms with Crippen molar-refractivity contribution in [2.45, 2.75) is 38.3 Å². The Morgan fingerprint density at radius 1 is 0.939 bits per heavy atom. The lowest BCUT2D eigenvalue weighted by Gasteiger charge is -2.37. The molecule has 5 aromatic rings. The van der Waals surface area contributed by atoms with Crippen molar-refractivity contribution in [1.29, 1.82) is 0 Å². The monoisotopic (exact) mass is 671 g/mol. The minimum Gasteiger partial charge on any atom is -0.491 e. The van der Waals surface area contributed by atoms with Crippen LogP contribution in [-0.4, -0.2) is 74.6 Å². The second-order valence-corrected chi connectivity index (χ2v) is 12.1. The van der Waals surface area contributed by atoms with E-state index in [4.69, 9.17) is 14.2 Å². The predicted molar refractivity (Wildman–Crippen MR) is 178 cm³/mol. The molecule has 2 saturated heterocycles. The normalized spacial score (nSPS) is 20.1. The Bertz CT molecular complexity index is 1910. The maximum absolute atomic E-state index is 14.9. The minimum absolute atomic E-state index is 0.0324.